The number of aromatic nitrogens is 1. The summed E-state index contributed by atoms with van der Waals surface area (Å²) < 4.78 is 5.22. The van der Waals surface area contributed by atoms with Crippen LogP contribution in [0.15, 0.2) is 41.6 Å². The number of hydrogen-bond donors (Lipinski definition) is 2. The maximum Gasteiger partial charge on any atom is 0.415 e. The lowest BCUT2D eigenvalue weighted by molar-refractivity contribution is 0.0830. The Morgan fingerprint density at radius 2 is 2.15 bits per heavy atom. The summed E-state index contributed by atoms with van der Waals surface area (Å²) in [4.78, 5) is 20.0. The highest BCUT2D eigenvalue weighted by Crippen LogP contribution is 2.40. The second-order valence-electron chi connectivity index (χ2n) is 6.87. The van der Waals surface area contributed by atoms with Crippen molar-refractivity contribution >= 4 is 17.6 Å². The first kappa shape index (κ1) is 17.3. The molecule has 3 heterocycles. The molecule has 1 aromatic carbocycles. The zero-order valence-corrected chi connectivity index (χ0v) is 15.2. The number of rotatable bonds is 3. The van der Waals surface area contributed by atoms with Gasteiger partial charge in [0.1, 0.15) is 11.8 Å². The van der Waals surface area contributed by atoms with E-state index in [1.54, 1.807) is 16.0 Å². The molecule has 2 aromatic rings. The van der Waals surface area contributed by atoms with Gasteiger partial charge in [-0.3, -0.25) is 9.88 Å². The number of hydrazone groups is 1. The van der Waals surface area contributed by atoms with Crippen LogP contribution < -0.4 is 10.7 Å². The van der Waals surface area contributed by atoms with E-state index in [0.717, 1.165) is 22.4 Å². The summed E-state index contributed by atoms with van der Waals surface area (Å²) >= 11 is 0. The van der Waals surface area contributed by atoms with Gasteiger partial charge in [-0.1, -0.05) is 12.1 Å². The second kappa shape index (κ2) is 6.55. The molecule has 0 bridgehead atoms. The SMILES string of the molecule is CN(C)C(=NN)c1ccc(-c2ccc3c(c2)CC2C(CO)OC(=O)N32)cn1. The van der Waals surface area contributed by atoms with Crippen LogP contribution >= 0.6 is 0 Å². The molecule has 2 atom stereocenters. The van der Waals surface area contributed by atoms with Gasteiger partial charge in [0, 0.05) is 25.9 Å². The number of cyclic esters (lactones) is 1. The largest absolute Gasteiger partial charge is 0.441 e. The highest BCUT2D eigenvalue weighted by atomic mass is 16.6. The average molecular weight is 367 g/mol. The number of amidine groups is 1. The topological polar surface area (TPSA) is 104 Å². The number of nitrogens with two attached hydrogens (primary N) is 1. The van der Waals surface area contributed by atoms with Gasteiger partial charge in [-0.05, 0) is 35.7 Å². The van der Waals surface area contributed by atoms with Crippen LogP contribution in [0.3, 0.4) is 0 Å². The molecule has 27 heavy (non-hydrogen) atoms. The standard InChI is InChI=1S/C19H21N5O3/c1-23(2)18(22-20)14-5-3-12(9-21-14)11-4-6-15-13(7-11)8-16-17(10-25)27-19(26)24(15)16/h3-7,9,16-17,25H,8,10,20H2,1-2H3. The summed E-state index contributed by atoms with van der Waals surface area (Å²) in [6.45, 7) is -0.171. The first-order chi connectivity index (χ1) is 13.0. The third kappa shape index (κ3) is 2.78. The monoisotopic (exact) mass is 367 g/mol. The fourth-order valence-electron chi connectivity index (χ4n) is 3.72. The van der Waals surface area contributed by atoms with Gasteiger partial charge >= 0.3 is 6.09 Å². The Morgan fingerprint density at radius 1 is 1.37 bits per heavy atom. The lowest BCUT2D eigenvalue weighted by Gasteiger charge is -2.15. The molecule has 1 fully saturated rings. The van der Waals surface area contributed by atoms with Crippen molar-refractivity contribution in [1.82, 2.24) is 9.88 Å². The summed E-state index contributed by atoms with van der Waals surface area (Å²) in [5.74, 6) is 6.04. The highest BCUT2D eigenvalue weighted by Gasteiger charge is 2.47. The average Bonchev–Trinajstić information content (AvgIpc) is 3.19. The predicted octanol–water partition coefficient (Wildman–Crippen LogP) is 1.17. The number of amides is 1. The van der Waals surface area contributed by atoms with Crippen LogP contribution in [0, 0.1) is 0 Å². The second-order valence-corrected chi connectivity index (χ2v) is 6.87. The van der Waals surface area contributed by atoms with E-state index in [0.29, 0.717) is 18.0 Å². The number of pyridine rings is 1. The highest BCUT2D eigenvalue weighted by molar-refractivity contribution is 5.97. The number of benzene rings is 1. The molecule has 3 N–H and O–H groups in total. The first-order valence-corrected chi connectivity index (χ1v) is 8.69. The van der Waals surface area contributed by atoms with Gasteiger partial charge in [0.25, 0.3) is 0 Å². The minimum absolute atomic E-state index is 0.142. The van der Waals surface area contributed by atoms with E-state index in [1.165, 1.54) is 0 Å². The van der Waals surface area contributed by atoms with E-state index >= 15 is 0 Å². The molecule has 8 nitrogen and oxygen atoms in total. The zero-order chi connectivity index (χ0) is 19.1. The third-order valence-corrected chi connectivity index (χ3v) is 5.03. The molecule has 1 saturated heterocycles. The summed E-state index contributed by atoms with van der Waals surface area (Å²) in [7, 11) is 3.72. The van der Waals surface area contributed by atoms with Crippen LogP contribution in [0.2, 0.25) is 0 Å². The maximum atomic E-state index is 12.1. The van der Waals surface area contributed by atoms with Crippen molar-refractivity contribution in [2.24, 2.45) is 10.9 Å². The Labute approximate surface area is 156 Å². The van der Waals surface area contributed by atoms with E-state index in [-0.39, 0.29) is 12.6 Å². The molecule has 0 spiro atoms. The molecule has 140 valence electrons. The lowest BCUT2D eigenvalue weighted by atomic mass is 10.0. The molecular formula is C19H21N5O3. The van der Waals surface area contributed by atoms with Crippen LogP contribution in [-0.4, -0.2) is 59.8 Å². The van der Waals surface area contributed by atoms with Gasteiger partial charge in [0.05, 0.1) is 18.3 Å². The zero-order valence-electron chi connectivity index (χ0n) is 15.2. The quantitative estimate of drug-likeness (QED) is 0.365. The van der Waals surface area contributed by atoms with Crippen molar-refractivity contribution in [3.05, 3.63) is 47.8 Å². The smallest absolute Gasteiger partial charge is 0.415 e. The number of anilines is 1. The number of carbonyl (C=O) groups excluding carboxylic acids is 1. The van der Waals surface area contributed by atoms with Gasteiger partial charge in [0.15, 0.2) is 5.84 Å². The Hall–Kier alpha value is -3.13. The number of aliphatic hydroxyl groups excluding tert-OH is 1. The molecule has 1 aromatic heterocycles. The summed E-state index contributed by atoms with van der Waals surface area (Å²) in [5, 5.41) is 13.2. The van der Waals surface area contributed by atoms with Crippen LogP contribution in [0.25, 0.3) is 11.1 Å². The van der Waals surface area contributed by atoms with Crippen molar-refractivity contribution in [2.75, 3.05) is 25.6 Å². The van der Waals surface area contributed by atoms with Crippen LogP contribution in [0.5, 0.6) is 0 Å². The van der Waals surface area contributed by atoms with Gasteiger partial charge in [-0.15, -0.1) is 0 Å². The molecule has 2 aliphatic rings. The minimum atomic E-state index is -0.477. The molecule has 4 rings (SSSR count). The van der Waals surface area contributed by atoms with Crippen LogP contribution in [0.1, 0.15) is 11.3 Å². The number of ether oxygens (including phenoxy) is 1. The van der Waals surface area contributed by atoms with Gasteiger partial charge in [-0.25, -0.2) is 4.79 Å². The van der Waals surface area contributed by atoms with Crippen molar-refractivity contribution in [3.8, 4) is 11.1 Å². The summed E-state index contributed by atoms with van der Waals surface area (Å²) in [6.07, 6.45) is 1.58. The number of aliphatic hydroxyl groups is 1. The first-order valence-electron chi connectivity index (χ1n) is 8.69. The molecule has 2 unspecified atom stereocenters. The van der Waals surface area contributed by atoms with E-state index in [2.05, 4.69) is 16.2 Å². The van der Waals surface area contributed by atoms with Crippen molar-refractivity contribution < 1.29 is 14.6 Å². The molecule has 8 heteroatoms. The van der Waals surface area contributed by atoms with E-state index in [4.69, 9.17) is 10.6 Å². The Morgan fingerprint density at radius 3 is 2.78 bits per heavy atom. The van der Waals surface area contributed by atoms with E-state index in [1.807, 2.05) is 38.4 Å². The number of fused-ring (bicyclic) bond motifs is 3. The van der Waals surface area contributed by atoms with Gasteiger partial charge in [0.2, 0.25) is 0 Å². The van der Waals surface area contributed by atoms with Crippen molar-refractivity contribution in [2.45, 2.75) is 18.6 Å². The fourth-order valence-corrected chi connectivity index (χ4v) is 3.72. The predicted molar refractivity (Wildman–Crippen MR) is 101 cm³/mol. The van der Waals surface area contributed by atoms with Gasteiger partial charge in [-0.2, -0.15) is 5.10 Å². The van der Waals surface area contributed by atoms with Crippen molar-refractivity contribution in [1.29, 1.82) is 0 Å². The summed E-state index contributed by atoms with van der Waals surface area (Å²) in [5.41, 5.74) is 4.58. The number of nitrogens with zero attached hydrogens (tertiary/aromatic N) is 4. The Bertz CT molecular complexity index is 910. The number of hydrogen-bond acceptors (Lipinski definition) is 6. The summed E-state index contributed by atoms with van der Waals surface area (Å²) in [6, 6.07) is 9.66. The molecule has 1 amide bonds. The minimum Gasteiger partial charge on any atom is -0.441 e. The molecule has 0 radical (unpaired) electrons. The molecule has 0 saturated carbocycles. The van der Waals surface area contributed by atoms with Crippen LogP contribution in [0.4, 0.5) is 10.5 Å². The van der Waals surface area contributed by atoms with Crippen LogP contribution in [-0.2, 0) is 11.2 Å². The van der Waals surface area contributed by atoms with Crippen molar-refractivity contribution in [3.63, 3.8) is 0 Å². The lowest BCUT2D eigenvalue weighted by Crippen LogP contribution is -2.34. The molecule has 2 aliphatic heterocycles. The van der Waals surface area contributed by atoms with Gasteiger partial charge < -0.3 is 20.6 Å². The number of carbonyl (C=O) groups is 1. The molecular weight excluding hydrogens is 346 g/mol. The fraction of sp³-hybridized carbons (Fsp3) is 0.316. The third-order valence-electron chi connectivity index (χ3n) is 5.03. The molecule has 0 aliphatic carbocycles. The van der Waals surface area contributed by atoms with E-state index < -0.39 is 12.2 Å². The Kier molecular flexibility index (Phi) is 4.19. The normalized spacial score (nSPS) is 21.1. The van der Waals surface area contributed by atoms with E-state index in [9.17, 15) is 9.90 Å². The maximum absolute atomic E-state index is 12.1. The Balaban J connectivity index is 1.63.